The summed E-state index contributed by atoms with van der Waals surface area (Å²) in [5.74, 6) is 1.44. The van der Waals surface area contributed by atoms with E-state index in [1.54, 1.807) is 18.2 Å². The number of rotatable bonds is 5. The molecule has 2 aromatic carbocycles. The zero-order valence-corrected chi connectivity index (χ0v) is 22.8. The van der Waals surface area contributed by atoms with Crippen LogP contribution >= 0.6 is 11.6 Å². The highest BCUT2D eigenvalue weighted by atomic mass is 35.5. The predicted octanol–water partition coefficient (Wildman–Crippen LogP) is 6.50. The highest BCUT2D eigenvalue weighted by molar-refractivity contribution is 6.39. The molecule has 5 fully saturated rings. The molecule has 3 aromatic rings. The van der Waals surface area contributed by atoms with E-state index in [1.165, 1.54) is 68.0 Å². The number of nitrogens with one attached hydrogen (secondary N) is 1. The van der Waals surface area contributed by atoms with Crippen LogP contribution in [0.1, 0.15) is 59.7 Å². The van der Waals surface area contributed by atoms with Crippen LogP contribution in [0.4, 0.5) is 10.5 Å². The van der Waals surface area contributed by atoms with Crippen molar-refractivity contribution in [1.29, 1.82) is 0 Å². The summed E-state index contributed by atoms with van der Waals surface area (Å²) in [5, 5.41) is 11.8. The summed E-state index contributed by atoms with van der Waals surface area (Å²) in [7, 11) is 0. The molecule has 2 heterocycles. The Morgan fingerprint density at radius 1 is 0.927 bits per heavy atom. The molecule has 1 saturated heterocycles. The van der Waals surface area contributed by atoms with Crippen molar-refractivity contribution in [3.63, 3.8) is 0 Å². The number of hydrogen-bond acceptors (Lipinski definition) is 5. The number of carboxylic acid groups (broad SMARTS) is 1. The minimum absolute atomic E-state index is 0.0333. The number of furan rings is 1. The average Bonchev–Trinajstić information content (AvgIpc) is 3.40. The zero-order chi connectivity index (χ0) is 28.4. The molecule has 1 aliphatic heterocycles. The van der Waals surface area contributed by atoms with E-state index in [2.05, 4.69) is 5.32 Å². The van der Waals surface area contributed by atoms with Gasteiger partial charge >= 0.3 is 12.0 Å². The molecule has 0 spiro atoms. The number of benzene rings is 2. The van der Waals surface area contributed by atoms with Crippen LogP contribution in [0.3, 0.4) is 0 Å². The van der Waals surface area contributed by atoms with E-state index >= 15 is 0 Å². The average molecular weight is 571 g/mol. The lowest BCUT2D eigenvalue weighted by Gasteiger charge is -2.54. The molecule has 5 aliphatic rings. The van der Waals surface area contributed by atoms with Crippen molar-refractivity contribution >= 4 is 47.2 Å². The number of carboxylic acids is 1. The van der Waals surface area contributed by atoms with Gasteiger partial charge in [0.05, 0.1) is 16.3 Å². The van der Waals surface area contributed by atoms with Crippen LogP contribution in [0, 0.1) is 23.7 Å². The lowest BCUT2D eigenvalue weighted by Crippen LogP contribution is -2.54. The Labute approximate surface area is 241 Å². The first-order valence-electron chi connectivity index (χ1n) is 13.9. The van der Waals surface area contributed by atoms with Gasteiger partial charge in [0, 0.05) is 5.56 Å². The SMILES string of the molecule is O=C1NC(=O)N(c2ccc(C3C4CC5CC(C4)CC3C5)cc2)C(=O)/C1=C\c1ccc(-c2cc(C(=O)O)ccc2Cl)o1. The fraction of sp³-hybridized carbons (Fsp3) is 0.312. The highest BCUT2D eigenvalue weighted by Crippen LogP contribution is 2.59. The van der Waals surface area contributed by atoms with Crippen LogP contribution in [0.2, 0.25) is 5.02 Å². The fourth-order valence-corrected chi connectivity index (χ4v) is 7.98. The quantitative estimate of drug-likeness (QED) is 0.267. The Kier molecular flexibility index (Phi) is 6.12. The summed E-state index contributed by atoms with van der Waals surface area (Å²) < 4.78 is 5.79. The number of barbiturate groups is 1. The van der Waals surface area contributed by atoms with E-state index in [4.69, 9.17) is 16.0 Å². The zero-order valence-electron chi connectivity index (χ0n) is 22.0. The second-order valence-electron chi connectivity index (χ2n) is 11.7. The molecule has 9 heteroatoms. The number of aromatic carboxylic acids is 1. The van der Waals surface area contributed by atoms with Gasteiger partial charge in [-0.2, -0.15) is 0 Å². The summed E-state index contributed by atoms with van der Waals surface area (Å²) in [4.78, 5) is 51.2. The number of nitrogens with zero attached hydrogens (tertiary/aromatic N) is 1. The molecule has 4 aliphatic carbocycles. The third kappa shape index (κ3) is 4.47. The van der Waals surface area contributed by atoms with Gasteiger partial charge in [-0.15, -0.1) is 0 Å². The lowest BCUT2D eigenvalue weighted by atomic mass is 9.51. The molecule has 4 saturated carbocycles. The summed E-state index contributed by atoms with van der Waals surface area (Å²) in [6.45, 7) is 0. The van der Waals surface area contributed by atoms with E-state index in [0.717, 1.165) is 16.7 Å². The van der Waals surface area contributed by atoms with Gasteiger partial charge in [0.1, 0.15) is 17.1 Å². The largest absolute Gasteiger partial charge is 0.478 e. The number of hydrogen-bond donors (Lipinski definition) is 2. The topological polar surface area (TPSA) is 117 Å². The first-order valence-corrected chi connectivity index (χ1v) is 14.3. The maximum atomic E-state index is 13.4. The number of halogens is 1. The van der Waals surface area contributed by atoms with Crippen LogP contribution in [0.15, 0.2) is 64.6 Å². The van der Waals surface area contributed by atoms with Gasteiger partial charge in [0.15, 0.2) is 0 Å². The Morgan fingerprint density at radius 2 is 1.61 bits per heavy atom. The van der Waals surface area contributed by atoms with Gasteiger partial charge in [-0.1, -0.05) is 23.7 Å². The van der Waals surface area contributed by atoms with Crippen molar-refractivity contribution < 1.29 is 28.7 Å². The standard InChI is InChI=1S/C32H27ClN2O6/c33-26-7-3-19(31(38)39)14-24(26)27-8-6-23(41-27)15-25-29(36)34-32(40)35(30(25)37)22-4-1-18(2-5-22)28-20-10-16-9-17(12-20)13-21(28)11-16/h1-8,14-17,20-21,28H,9-13H2,(H,38,39)(H,34,36,40)/b25-15-. The van der Waals surface area contributed by atoms with E-state index in [9.17, 15) is 24.3 Å². The van der Waals surface area contributed by atoms with Gasteiger partial charge in [-0.3, -0.25) is 14.9 Å². The van der Waals surface area contributed by atoms with Crippen molar-refractivity contribution in [2.75, 3.05) is 4.90 Å². The molecule has 0 unspecified atom stereocenters. The molecule has 8 rings (SSSR count). The molecule has 4 amide bonds. The van der Waals surface area contributed by atoms with Gasteiger partial charge in [-0.25, -0.2) is 14.5 Å². The molecular weight excluding hydrogens is 544 g/mol. The fourth-order valence-electron chi connectivity index (χ4n) is 7.77. The Morgan fingerprint density at radius 3 is 2.27 bits per heavy atom. The van der Waals surface area contributed by atoms with Gasteiger partial charge in [0.25, 0.3) is 11.8 Å². The number of imide groups is 2. The van der Waals surface area contributed by atoms with Crippen molar-refractivity contribution in [2.45, 2.75) is 38.0 Å². The minimum Gasteiger partial charge on any atom is -0.478 e. The van der Waals surface area contributed by atoms with Crippen LogP contribution in [0.25, 0.3) is 17.4 Å². The van der Waals surface area contributed by atoms with E-state index in [0.29, 0.717) is 29.0 Å². The second-order valence-corrected chi connectivity index (χ2v) is 12.1. The maximum absolute atomic E-state index is 13.4. The predicted molar refractivity (Wildman–Crippen MR) is 151 cm³/mol. The summed E-state index contributed by atoms with van der Waals surface area (Å²) in [6, 6.07) is 14.1. The minimum atomic E-state index is -1.11. The van der Waals surface area contributed by atoms with Gasteiger partial charge < -0.3 is 9.52 Å². The third-order valence-electron chi connectivity index (χ3n) is 9.26. The maximum Gasteiger partial charge on any atom is 0.335 e. The van der Waals surface area contributed by atoms with E-state index in [1.807, 2.05) is 12.1 Å². The number of anilines is 1. The third-order valence-corrected chi connectivity index (χ3v) is 9.59. The molecule has 41 heavy (non-hydrogen) atoms. The summed E-state index contributed by atoms with van der Waals surface area (Å²) >= 11 is 6.25. The lowest BCUT2D eigenvalue weighted by molar-refractivity contribution is -0.122. The van der Waals surface area contributed by atoms with Crippen molar-refractivity contribution in [2.24, 2.45) is 23.7 Å². The summed E-state index contributed by atoms with van der Waals surface area (Å²) in [5.41, 5.74) is 1.77. The van der Waals surface area contributed by atoms with Crippen molar-refractivity contribution in [1.82, 2.24) is 5.32 Å². The second kappa shape index (κ2) is 9.73. The van der Waals surface area contributed by atoms with Crippen LogP contribution in [-0.4, -0.2) is 28.9 Å². The first kappa shape index (κ1) is 25.8. The number of carbonyl (C=O) groups is 4. The van der Waals surface area contributed by atoms with Crippen molar-refractivity contribution in [3.05, 3.63) is 82.1 Å². The molecule has 208 valence electrons. The molecule has 8 nitrogen and oxygen atoms in total. The monoisotopic (exact) mass is 570 g/mol. The van der Waals surface area contributed by atoms with E-state index < -0.39 is 23.8 Å². The normalized spacial score (nSPS) is 27.9. The smallest absolute Gasteiger partial charge is 0.335 e. The molecule has 4 bridgehead atoms. The first-order chi connectivity index (χ1) is 19.7. The highest BCUT2D eigenvalue weighted by Gasteiger charge is 2.48. The molecule has 2 N–H and O–H groups in total. The van der Waals surface area contributed by atoms with Crippen LogP contribution < -0.4 is 10.2 Å². The molecular formula is C32H27ClN2O6. The van der Waals surface area contributed by atoms with Crippen molar-refractivity contribution in [3.8, 4) is 11.3 Å². The van der Waals surface area contributed by atoms with Crippen LogP contribution in [0.5, 0.6) is 0 Å². The Balaban J connectivity index is 1.14. The van der Waals surface area contributed by atoms with E-state index in [-0.39, 0.29) is 27.7 Å². The molecule has 0 radical (unpaired) electrons. The van der Waals surface area contributed by atoms with Gasteiger partial charge in [-0.05, 0) is 116 Å². The number of urea groups is 1. The van der Waals surface area contributed by atoms with Gasteiger partial charge in [0.2, 0.25) is 0 Å². The molecule has 1 aromatic heterocycles. The Hall–Kier alpha value is -4.17. The van der Waals surface area contributed by atoms with Crippen LogP contribution in [-0.2, 0) is 9.59 Å². The number of amides is 4. The molecule has 0 atom stereocenters. The Bertz CT molecular complexity index is 1610. The summed E-state index contributed by atoms with van der Waals surface area (Å²) in [6.07, 6.45) is 7.86. The number of carbonyl (C=O) groups excluding carboxylic acids is 3.